The van der Waals surface area contributed by atoms with Crippen LogP contribution in [0.2, 0.25) is 0 Å². The summed E-state index contributed by atoms with van der Waals surface area (Å²) < 4.78 is 1.70. The van der Waals surface area contributed by atoms with E-state index in [0.717, 1.165) is 48.1 Å². The van der Waals surface area contributed by atoms with Crippen LogP contribution in [0.4, 0.5) is 5.69 Å². The van der Waals surface area contributed by atoms with Gasteiger partial charge in [0.25, 0.3) is 5.91 Å². The number of aromatic nitrogens is 2. The van der Waals surface area contributed by atoms with Gasteiger partial charge < -0.3 is 20.4 Å². The number of carbonyl (C=O) groups excluding carboxylic acids is 2. The summed E-state index contributed by atoms with van der Waals surface area (Å²) in [5.41, 5.74) is 6.12. The second-order valence-corrected chi connectivity index (χ2v) is 12.7. The number of aliphatic hydroxyl groups excluding tert-OH is 2. The Kier molecular flexibility index (Phi) is 12.2. The first-order valence-corrected chi connectivity index (χ1v) is 17.3. The van der Waals surface area contributed by atoms with Crippen LogP contribution in [-0.2, 0) is 24.2 Å². The molecule has 2 heterocycles. The maximum absolute atomic E-state index is 13.7. The summed E-state index contributed by atoms with van der Waals surface area (Å²) in [4.78, 5) is 30.5. The average molecular weight is 652 g/mol. The van der Waals surface area contributed by atoms with Crippen molar-refractivity contribution in [3.05, 3.63) is 113 Å². The lowest BCUT2D eigenvalue weighted by Gasteiger charge is -2.39. The number of benzene rings is 3. The third kappa shape index (κ3) is 8.39. The number of fused-ring (bicyclic) bond motifs is 1. The molecule has 0 fully saturated rings. The molecule has 2 amide bonds. The zero-order valence-electron chi connectivity index (χ0n) is 28.4. The lowest BCUT2D eigenvalue weighted by Crippen LogP contribution is -2.45. The van der Waals surface area contributed by atoms with Gasteiger partial charge in [-0.05, 0) is 73.6 Å². The largest absolute Gasteiger partial charge is 0.395 e. The number of nitrogens with zero attached hydrogens (tertiary/aromatic N) is 4. The van der Waals surface area contributed by atoms with Crippen LogP contribution < -0.4 is 5.32 Å². The number of hydrogen-bond donors (Lipinski definition) is 3. The van der Waals surface area contributed by atoms with E-state index in [4.69, 9.17) is 5.10 Å². The van der Waals surface area contributed by atoms with E-state index in [1.54, 1.807) is 22.9 Å². The van der Waals surface area contributed by atoms with Crippen LogP contribution in [0.25, 0.3) is 5.69 Å². The van der Waals surface area contributed by atoms with E-state index >= 15 is 0 Å². The Hall–Kier alpha value is -4.31. The van der Waals surface area contributed by atoms with Gasteiger partial charge in [0, 0.05) is 49.0 Å². The number of carbonyl (C=O) groups is 2. The first kappa shape index (κ1) is 35.0. The Balaban J connectivity index is 1.48. The standard InChI is InChI=1S/C39H49N5O4/c1-4-6-21-42(22-7-5-2)39(48)35-23-28(3)44(41-35)36-19-18-32(40-37(46)20-17-29-13-9-8-10-14-29)25-34(36)38(47)43-26-31-16-12-11-15-30(31)24-33(43)27-45/h8-16,18-19,23,25,33,38,45,47H,4-7,17,20-22,24,26-27H2,1-3H3,(H,40,46)/t33-,38?/m0/s1. The Labute approximate surface area is 284 Å². The van der Waals surface area contributed by atoms with Gasteiger partial charge in [0.15, 0.2) is 5.69 Å². The Morgan fingerprint density at radius 1 is 0.958 bits per heavy atom. The summed E-state index contributed by atoms with van der Waals surface area (Å²) in [7, 11) is 0. The normalized spacial score (nSPS) is 15.1. The molecular weight excluding hydrogens is 602 g/mol. The lowest BCUT2D eigenvalue weighted by atomic mass is 9.93. The van der Waals surface area contributed by atoms with Crippen LogP contribution in [0.3, 0.4) is 0 Å². The van der Waals surface area contributed by atoms with E-state index in [9.17, 15) is 19.8 Å². The van der Waals surface area contributed by atoms with Gasteiger partial charge in [-0.25, -0.2) is 4.68 Å². The topological polar surface area (TPSA) is 111 Å². The third-order valence-electron chi connectivity index (χ3n) is 9.18. The molecule has 0 saturated heterocycles. The molecule has 9 nitrogen and oxygen atoms in total. The number of rotatable bonds is 15. The van der Waals surface area contributed by atoms with Crippen LogP contribution in [0.15, 0.2) is 78.9 Å². The van der Waals surface area contributed by atoms with Gasteiger partial charge in [0.2, 0.25) is 5.91 Å². The predicted octanol–water partition coefficient (Wildman–Crippen LogP) is 6.20. The van der Waals surface area contributed by atoms with E-state index in [1.165, 1.54) is 0 Å². The maximum Gasteiger partial charge on any atom is 0.274 e. The van der Waals surface area contributed by atoms with Crippen molar-refractivity contribution < 1.29 is 19.8 Å². The molecule has 48 heavy (non-hydrogen) atoms. The molecule has 1 aliphatic rings. The number of anilines is 1. The molecule has 254 valence electrons. The fraction of sp³-hybridized carbons (Fsp3) is 0.410. The van der Waals surface area contributed by atoms with E-state index in [0.29, 0.717) is 61.5 Å². The third-order valence-corrected chi connectivity index (χ3v) is 9.18. The van der Waals surface area contributed by atoms with E-state index in [-0.39, 0.29) is 24.5 Å². The number of unbranched alkanes of at least 4 members (excludes halogenated alkanes) is 2. The SMILES string of the molecule is CCCCN(CCCC)C(=O)c1cc(C)n(-c2ccc(NC(=O)CCc3ccccc3)cc2C(O)N2Cc3ccccc3C[C@H]2CO)n1. The number of aryl methyl sites for hydroxylation is 2. The van der Waals surface area contributed by atoms with Gasteiger partial charge in [-0.15, -0.1) is 0 Å². The smallest absolute Gasteiger partial charge is 0.274 e. The fourth-order valence-corrected chi connectivity index (χ4v) is 6.40. The zero-order valence-corrected chi connectivity index (χ0v) is 28.4. The highest BCUT2D eigenvalue weighted by Gasteiger charge is 2.33. The first-order valence-electron chi connectivity index (χ1n) is 17.3. The molecule has 3 N–H and O–H groups in total. The van der Waals surface area contributed by atoms with Gasteiger partial charge in [0.05, 0.1) is 12.3 Å². The predicted molar refractivity (Wildman–Crippen MR) is 189 cm³/mol. The molecule has 3 aromatic carbocycles. The van der Waals surface area contributed by atoms with Crippen LogP contribution in [-0.4, -0.2) is 67.3 Å². The van der Waals surface area contributed by atoms with Gasteiger partial charge in [0.1, 0.15) is 6.23 Å². The van der Waals surface area contributed by atoms with Crippen LogP contribution in [0.1, 0.15) is 90.6 Å². The minimum absolute atomic E-state index is 0.101. The van der Waals surface area contributed by atoms with Crippen molar-refractivity contribution >= 4 is 17.5 Å². The second-order valence-electron chi connectivity index (χ2n) is 12.7. The molecule has 0 saturated carbocycles. The monoisotopic (exact) mass is 651 g/mol. The maximum atomic E-state index is 13.7. The van der Waals surface area contributed by atoms with E-state index < -0.39 is 6.23 Å². The first-order chi connectivity index (χ1) is 23.3. The summed E-state index contributed by atoms with van der Waals surface area (Å²) >= 11 is 0. The Bertz CT molecular complexity index is 1660. The molecule has 5 rings (SSSR count). The molecule has 2 atom stereocenters. The van der Waals surface area contributed by atoms with Crippen LogP contribution in [0.5, 0.6) is 0 Å². The van der Waals surface area contributed by atoms with Gasteiger partial charge in [-0.3, -0.25) is 14.5 Å². The highest BCUT2D eigenvalue weighted by Crippen LogP contribution is 2.34. The summed E-state index contributed by atoms with van der Waals surface area (Å²) in [6.07, 6.45) is 4.24. The lowest BCUT2D eigenvalue weighted by molar-refractivity contribution is -0.116. The molecular formula is C39H49N5O4. The molecule has 9 heteroatoms. The van der Waals surface area contributed by atoms with Crippen molar-refractivity contribution in [2.75, 3.05) is 25.0 Å². The van der Waals surface area contributed by atoms with Crippen molar-refractivity contribution in [1.29, 1.82) is 0 Å². The summed E-state index contributed by atoms with van der Waals surface area (Å²) in [5, 5.41) is 30.3. The molecule has 1 aromatic heterocycles. The quantitative estimate of drug-likeness (QED) is 0.141. The molecule has 0 spiro atoms. The van der Waals surface area contributed by atoms with Crippen molar-refractivity contribution in [3.8, 4) is 5.69 Å². The Morgan fingerprint density at radius 3 is 2.33 bits per heavy atom. The summed E-state index contributed by atoms with van der Waals surface area (Å²) in [5.74, 6) is -0.231. The Morgan fingerprint density at radius 2 is 1.65 bits per heavy atom. The molecule has 1 unspecified atom stereocenters. The summed E-state index contributed by atoms with van der Waals surface area (Å²) in [6.45, 7) is 7.82. The van der Waals surface area contributed by atoms with Gasteiger partial charge in [-0.2, -0.15) is 5.10 Å². The summed E-state index contributed by atoms with van der Waals surface area (Å²) in [6, 6.07) is 24.9. The van der Waals surface area contributed by atoms with Crippen LogP contribution in [0, 0.1) is 6.92 Å². The number of amides is 2. The zero-order chi connectivity index (χ0) is 34.0. The molecule has 1 aliphatic heterocycles. The van der Waals surface area contributed by atoms with E-state index in [2.05, 4.69) is 25.2 Å². The fourth-order valence-electron chi connectivity index (χ4n) is 6.40. The minimum Gasteiger partial charge on any atom is -0.395 e. The number of aliphatic hydroxyl groups is 2. The molecule has 0 radical (unpaired) electrons. The second kappa shape index (κ2) is 16.7. The molecule has 0 aliphatic carbocycles. The number of hydrogen-bond acceptors (Lipinski definition) is 6. The molecule has 0 bridgehead atoms. The van der Waals surface area contributed by atoms with Crippen molar-refractivity contribution in [3.63, 3.8) is 0 Å². The molecule has 4 aromatic rings. The highest BCUT2D eigenvalue weighted by molar-refractivity contribution is 5.93. The van der Waals surface area contributed by atoms with Crippen molar-refractivity contribution in [2.24, 2.45) is 0 Å². The van der Waals surface area contributed by atoms with Crippen molar-refractivity contribution in [2.45, 2.75) is 84.5 Å². The van der Waals surface area contributed by atoms with E-state index in [1.807, 2.05) is 71.3 Å². The number of nitrogens with one attached hydrogen (secondary N) is 1. The average Bonchev–Trinajstić information content (AvgIpc) is 3.51. The highest BCUT2D eigenvalue weighted by atomic mass is 16.3. The minimum atomic E-state index is -1.12. The van der Waals surface area contributed by atoms with Gasteiger partial charge >= 0.3 is 0 Å². The van der Waals surface area contributed by atoms with Crippen molar-refractivity contribution in [1.82, 2.24) is 19.6 Å². The van der Waals surface area contributed by atoms with Gasteiger partial charge in [-0.1, -0.05) is 81.3 Å². The van der Waals surface area contributed by atoms with Crippen LogP contribution >= 0.6 is 0 Å².